The van der Waals surface area contributed by atoms with Crippen LogP contribution in [-0.4, -0.2) is 12.5 Å². The van der Waals surface area contributed by atoms with Gasteiger partial charge in [-0.25, -0.2) is 0 Å². The topological polar surface area (TPSA) is 52.3 Å². The second-order valence-corrected chi connectivity index (χ2v) is 4.05. The van der Waals surface area contributed by atoms with Gasteiger partial charge in [0.25, 0.3) is 0 Å². The van der Waals surface area contributed by atoms with E-state index >= 15 is 0 Å². The third kappa shape index (κ3) is 3.27. The lowest BCUT2D eigenvalue weighted by Gasteiger charge is -2.10. The fourth-order valence-corrected chi connectivity index (χ4v) is 1.27. The van der Waals surface area contributed by atoms with E-state index in [1.807, 2.05) is 13.0 Å². The zero-order valence-corrected chi connectivity index (χ0v) is 9.41. The highest BCUT2D eigenvalue weighted by Crippen LogP contribution is 2.17. The van der Waals surface area contributed by atoms with Crippen LogP contribution in [0.5, 0.6) is 5.75 Å². The van der Waals surface area contributed by atoms with Gasteiger partial charge in [0.05, 0.1) is 6.61 Å². The monoisotopic (exact) mass is 207 g/mol. The van der Waals surface area contributed by atoms with E-state index in [1.165, 1.54) is 0 Å². The molecule has 15 heavy (non-hydrogen) atoms. The Labute approximate surface area is 90.2 Å². The van der Waals surface area contributed by atoms with Crippen LogP contribution in [0.1, 0.15) is 29.8 Å². The van der Waals surface area contributed by atoms with Gasteiger partial charge in [-0.1, -0.05) is 13.8 Å². The number of hydrogen-bond acceptors (Lipinski definition) is 2. The zero-order chi connectivity index (χ0) is 11.4. The molecule has 3 nitrogen and oxygen atoms in total. The van der Waals surface area contributed by atoms with E-state index < -0.39 is 5.91 Å². The quantitative estimate of drug-likeness (QED) is 0.822. The van der Waals surface area contributed by atoms with Gasteiger partial charge in [-0.2, -0.15) is 0 Å². The van der Waals surface area contributed by atoms with Gasteiger partial charge in [-0.3, -0.25) is 4.79 Å². The Kier molecular flexibility index (Phi) is 3.72. The third-order valence-corrected chi connectivity index (χ3v) is 2.05. The maximum Gasteiger partial charge on any atom is 0.248 e. The maximum atomic E-state index is 11.0. The third-order valence-electron chi connectivity index (χ3n) is 2.05. The SMILES string of the molecule is Cc1cc(OCC(C)C)ccc1C(N)=O. The van der Waals surface area contributed by atoms with Crippen LogP contribution in [-0.2, 0) is 0 Å². The molecule has 0 aromatic heterocycles. The summed E-state index contributed by atoms with van der Waals surface area (Å²) in [4.78, 5) is 11.0. The molecule has 2 N–H and O–H groups in total. The molecule has 1 aromatic rings. The summed E-state index contributed by atoms with van der Waals surface area (Å²) in [5.74, 6) is 0.871. The van der Waals surface area contributed by atoms with Crippen LogP contribution in [0.4, 0.5) is 0 Å². The van der Waals surface area contributed by atoms with Crippen LogP contribution >= 0.6 is 0 Å². The van der Waals surface area contributed by atoms with E-state index in [0.717, 1.165) is 11.3 Å². The summed E-state index contributed by atoms with van der Waals surface area (Å²) < 4.78 is 5.53. The first-order chi connectivity index (χ1) is 7.00. The van der Waals surface area contributed by atoms with Crippen molar-refractivity contribution < 1.29 is 9.53 Å². The smallest absolute Gasteiger partial charge is 0.248 e. The largest absolute Gasteiger partial charge is 0.493 e. The van der Waals surface area contributed by atoms with Crippen LogP contribution < -0.4 is 10.5 Å². The van der Waals surface area contributed by atoms with Gasteiger partial charge in [0, 0.05) is 5.56 Å². The van der Waals surface area contributed by atoms with Gasteiger partial charge >= 0.3 is 0 Å². The Morgan fingerprint density at radius 2 is 2.13 bits per heavy atom. The van der Waals surface area contributed by atoms with Crippen LogP contribution in [0.15, 0.2) is 18.2 Å². The summed E-state index contributed by atoms with van der Waals surface area (Å²) in [6.45, 7) is 6.70. The lowest BCUT2D eigenvalue weighted by atomic mass is 10.1. The standard InChI is InChI=1S/C12H17NO2/c1-8(2)7-15-10-4-5-11(12(13)14)9(3)6-10/h4-6,8H,7H2,1-3H3,(H2,13,14). The van der Waals surface area contributed by atoms with Crippen molar-refractivity contribution >= 4 is 5.91 Å². The summed E-state index contributed by atoms with van der Waals surface area (Å²) in [5.41, 5.74) is 6.61. The molecule has 0 bridgehead atoms. The molecule has 1 aromatic carbocycles. The molecule has 0 radical (unpaired) electrons. The molecule has 82 valence electrons. The molecule has 0 aliphatic carbocycles. The van der Waals surface area contributed by atoms with E-state index in [-0.39, 0.29) is 0 Å². The molecule has 0 spiro atoms. The molecule has 1 rings (SSSR count). The highest BCUT2D eigenvalue weighted by Gasteiger charge is 2.05. The van der Waals surface area contributed by atoms with E-state index in [2.05, 4.69) is 13.8 Å². The molecular formula is C12H17NO2. The molecule has 0 fully saturated rings. The van der Waals surface area contributed by atoms with Crippen molar-refractivity contribution in [2.45, 2.75) is 20.8 Å². The summed E-state index contributed by atoms with van der Waals surface area (Å²) >= 11 is 0. The van der Waals surface area contributed by atoms with Gasteiger partial charge in [0.2, 0.25) is 5.91 Å². The fourth-order valence-electron chi connectivity index (χ4n) is 1.27. The highest BCUT2D eigenvalue weighted by atomic mass is 16.5. The average Bonchev–Trinajstić information content (AvgIpc) is 2.14. The molecule has 0 heterocycles. The number of primary amides is 1. The van der Waals surface area contributed by atoms with Gasteiger partial charge in [0.1, 0.15) is 5.75 Å². The van der Waals surface area contributed by atoms with Crippen molar-refractivity contribution in [3.05, 3.63) is 29.3 Å². The Balaban J connectivity index is 2.78. The molecule has 0 atom stereocenters. The summed E-state index contributed by atoms with van der Waals surface area (Å²) in [6.07, 6.45) is 0. The Hall–Kier alpha value is -1.51. The minimum atomic E-state index is -0.400. The molecular weight excluding hydrogens is 190 g/mol. The molecule has 0 saturated heterocycles. The number of carbonyl (C=O) groups is 1. The average molecular weight is 207 g/mol. The normalized spacial score (nSPS) is 10.4. The van der Waals surface area contributed by atoms with Crippen molar-refractivity contribution in [2.75, 3.05) is 6.61 Å². The van der Waals surface area contributed by atoms with Crippen molar-refractivity contribution in [1.82, 2.24) is 0 Å². The van der Waals surface area contributed by atoms with Crippen molar-refractivity contribution in [3.8, 4) is 5.75 Å². The molecule has 0 aliphatic heterocycles. The number of nitrogens with two attached hydrogens (primary N) is 1. The minimum absolute atomic E-state index is 0.400. The van der Waals surface area contributed by atoms with Gasteiger partial charge in [-0.15, -0.1) is 0 Å². The highest BCUT2D eigenvalue weighted by molar-refractivity contribution is 5.94. The van der Waals surface area contributed by atoms with Gasteiger partial charge in [-0.05, 0) is 36.6 Å². The first kappa shape index (κ1) is 11.6. The van der Waals surface area contributed by atoms with E-state index in [0.29, 0.717) is 18.1 Å². The number of aryl methyl sites for hydroxylation is 1. The predicted octanol–water partition coefficient (Wildman–Crippen LogP) is 2.13. The lowest BCUT2D eigenvalue weighted by Crippen LogP contribution is -2.12. The number of rotatable bonds is 4. The fraction of sp³-hybridized carbons (Fsp3) is 0.417. The number of benzene rings is 1. The van der Waals surface area contributed by atoms with Crippen molar-refractivity contribution in [2.24, 2.45) is 11.7 Å². The zero-order valence-electron chi connectivity index (χ0n) is 9.41. The van der Waals surface area contributed by atoms with Crippen LogP contribution in [0.25, 0.3) is 0 Å². The van der Waals surface area contributed by atoms with Gasteiger partial charge < -0.3 is 10.5 Å². The van der Waals surface area contributed by atoms with Crippen molar-refractivity contribution in [3.63, 3.8) is 0 Å². The second-order valence-electron chi connectivity index (χ2n) is 4.05. The molecule has 0 saturated carbocycles. The number of carbonyl (C=O) groups excluding carboxylic acids is 1. The van der Waals surface area contributed by atoms with E-state index in [4.69, 9.17) is 10.5 Å². The Bertz CT molecular complexity index is 359. The molecule has 0 aliphatic rings. The molecule has 3 heteroatoms. The van der Waals surface area contributed by atoms with E-state index in [9.17, 15) is 4.79 Å². The second kappa shape index (κ2) is 4.82. The van der Waals surface area contributed by atoms with Crippen LogP contribution in [0.3, 0.4) is 0 Å². The number of amides is 1. The predicted molar refractivity (Wildman–Crippen MR) is 60.0 cm³/mol. The minimum Gasteiger partial charge on any atom is -0.493 e. The Morgan fingerprint density at radius 3 is 2.60 bits per heavy atom. The summed E-state index contributed by atoms with van der Waals surface area (Å²) in [7, 11) is 0. The van der Waals surface area contributed by atoms with Crippen molar-refractivity contribution in [1.29, 1.82) is 0 Å². The van der Waals surface area contributed by atoms with Crippen LogP contribution in [0, 0.1) is 12.8 Å². The van der Waals surface area contributed by atoms with Gasteiger partial charge in [0.15, 0.2) is 0 Å². The number of ether oxygens (including phenoxy) is 1. The number of hydrogen-bond donors (Lipinski definition) is 1. The Morgan fingerprint density at radius 1 is 1.47 bits per heavy atom. The first-order valence-electron chi connectivity index (χ1n) is 5.04. The molecule has 1 amide bonds. The molecule has 0 unspecified atom stereocenters. The van der Waals surface area contributed by atoms with Crippen LogP contribution in [0.2, 0.25) is 0 Å². The lowest BCUT2D eigenvalue weighted by molar-refractivity contribution is 0.0999. The summed E-state index contributed by atoms with van der Waals surface area (Å²) in [6, 6.07) is 5.31. The van der Waals surface area contributed by atoms with E-state index in [1.54, 1.807) is 12.1 Å². The summed E-state index contributed by atoms with van der Waals surface area (Å²) in [5, 5.41) is 0. The first-order valence-corrected chi connectivity index (χ1v) is 5.04. The maximum absolute atomic E-state index is 11.0.